The Morgan fingerprint density at radius 3 is 2.72 bits per heavy atom. The van der Waals surface area contributed by atoms with Crippen LogP contribution in [0.3, 0.4) is 0 Å². The molecule has 1 amide bonds. The normalized spacial score (nSPS) is 16.2. The maximum absolute atomic E-state index is 12.6. The maximum atomic E-state index is 12.6. The predicted molar refractivity (Wildman–Crippen MR) is 105 cm³/mol. The van der Waals surface area contributed by atoms with E-state index in [1.165, 1.54) is 0 Å². The van der Waals surface area contributed by atoms with Crippen LogP contribution in [0.15, 0.2) is 22.7 Å². The minimum Gasteiger partial charge on any atom is -0.496 e. The molecule has 2 rings (SSSR count). The van der Waals surface area contributed by atoms with E-state index in [-0.39, 0.29) is 43.0 Å². The summed E-state index contributed by atoms with van der Waals surface area (Å²) in [5, 5.41) is 3.30. The molecule has 1 fully saturated rings. The van der Waals surface area contributed by atoms with Crippen molar-refractivity contribution in [3.05, 3.63) is 28.2 Å². The summed E-state index contributed by atoms with van der Waals surface area (Å²) in [6.07, 6.45) is 2.35. The molecule has 0 aliphatic carbocycles. The molecule has 1 aromatic rings. The fourth-order valence-corrected chi connectivity index (χ4v) is 3.42. The SMILES string of the molecule is CCCN(C(=O)CCC(=O)c1cc(Br)ccc1OC)C1CCNC1.Cl. The van der Waals surface area contributed by atoms with Crippen LogP contribution in [0.25, 0.3) is 0 Å². The molecule has 1 aromatic carbocycles. The summed E-state index contributed by atoms with van der Waals surface area (Å²) >= 11 is 3.37. The molecule has 0 radical (unpaired) electrons. The van der Waals surface area contributed by atoms with Crippen molar-refractivity contribution in [2.24, 2.45) is 0 Å². The van der Waals surface area contributed by atoms with E-state index in [2.05, 4.69) is 28.2 Å². The Morgan fingerprint density at radius 1 is 1.36 bits per heavy atom. The van der Waals surface area contributed by atoms with Crippen molar-refractivity contribution in [2.45, 2.75) is 38.6 Å². The molecule has 1 saturated heterocycles. The number of rotatable bonds is 8. The van der Waals surface area contributed by atoms with Crippen LogP contribution in [0.2, 0.25) is 0 Å². The van der Waals surface area contributed by atoms with Crippen LogP contribution >= 0.6 is 28.3 Å². The van der Waals surface area contributed by atoms with Crippen molar-refractivity contribution >= 4 is 40.0 Å². The quantitative estimate of drug-likeness (QED) is 0.638. The monoisotopic (exact) mass is 432 g/mol. The van der Waals surface area contributed by atoms with E-state index >= 15 is 0 Å². The largest absolute Gasteiger partial charge is 0.496 e. The van der Waals surface area contributed by atoms with Gasteiger partial charge in [-0.05, 0) is 37.6 Å². The van der Waals surface area contributed by atoms with Crippen molar-refractivity contribution in [3.8, 4) is 5.75 Å². The van der Waals surface area contributed by atoms with Crippen molar-refractivity contribution < 1.29 is 14.3 Å². The first kappa shape index (κ1) is 21.9. The van der Waals surface area contributed by atoms with Crippen molar-refractivity contribution in [2.75, 3.05) is 26.7 Å². The van der Waals surface area contributed by atoms with Gasteiger partial charge in [0.05, 0.1) is 12.7 Å². The van der Waals surface area contributed by atoms with Gasteiger partial charge in [0.25, 0.3) is 0 Å². The molecule has 140 valence electrons. The maximum Gasteiger partial charge on any atom is 0.223 e. The second kappa shape index (κ2) is 10.8. The molecule has 0 saturated carbocycles. The molecule has 1 aliphatic heterocycles. The fraction of sp³-hybridized carbons (Fsp3) is 0.556. The minimum atomic E-state index is -0.0671. The molecule has 1 aliphatic rings. The molecule has 1 unspecified atom stereocenters. The molecule has 25 heavy (non-hydrogen) atoms. The zero-order valence-corrected chi connectivity index (χ0v) is 17.1. The lowest BCUT2D eigenvalue weighted by Gasteiger charge is -2.28. The molecule has 1 heterocycles. The average molecular weight is 434 g/mol. The molecule has 1 atom stereocenters. The van der Waals surface area contributed by atoms with Crippen LogP contribution in [0.5, 0.6) is 5.75 Å². The molecule has 7 heteroatoms. The van der Waals surface area contributed by atoms with Crippen LogP contribution < -0.4 is 10.1 Å². The van der Waals surface area contributed by atoms with Gasteiger partial charge in [-0.1, -0.05) is 22.9 Å². The number of methoxy groups -OCH3 is 1. The Kier molecular flexibility index (Phi) is 9.46. The van der Waals surface area contributed by atoms with Gasteiger partial charge in [-0.3, -0.25) is 9.59 Å². The highest BCUT2D eigenvalue weighted by Gasteiger charge is 2.26. The number of carbonyl (C=O) groups excluding carboxylic acids is 2. The first-order valence-electron chi connectivity index (χ1n) is 8.43. The molecule has 0 spiro atoms. The lowest BCUT2D eigenvalue weighted by atomic mass is 10.0. The molecule has 0 aromatic heterocycles. The van der Waals surface area contributed by atoms with Crippen LogP contribution in [0, 0.1) is 0 Å². The van der Waals surface area contributed by atoms with Crippen LogP contribution in [0.1, 0.15) is 43.0 Å². The summed E-state index contributed by atoms with van der Waals surface area (Å²) in [6.45, 7) is 4.62. The molecular weight excluding hydrogens is 408 g/mol. The third-order valence-electron chi connectivity index (χ3n) is 4.29. The van der Waals surface area contributed by atoms with E-state index in [0.29, 0.717) is 11.3 Å². The van der Waals surface area contributed by atoms with Gasteiger partial charge >= 0.3 is 0 Å². The zero-order valence-electron chi connectivity index (χ0n) is 14.7. The molecule has 5 nitrogen and oxygen atoms in total. The first-order valence-corrected chi connectivity index (χ1v) is 9.23. The lowest BCUT2D eigenvalue weighted by Crippen LogP contribution is -2.42. The summed E-state index contributed by atoms with van der Waals surface area (Å²) in [4.78, 5) is 27.0. The van der Waals surface area contributed by atoms with E-state index in [1.54, 1.807) is 19.2 Å². The van der Waals surface area contributed by atoms with Crippen LogP contribution in [0.4, 0.5) is 0 Å². The number of amides is 1. The van der Waals surface area contributed by atoms with Gasteiger partial charge in [0, 0.05) is 36.4 Å². The Hall–Kier alpha value is -1.11. The Morgan fingerprint density at radius 2 is 2.12 bits per heavy atom. The van der Waals surface area contributed by atoms with Crippen molar-refractivity contribution in [1.29, 1.82) is 0 Å². The van der Waals surface area contributed by atoms with Gasteiger partial charge in [-0.2, -0.15) is 0 Å². The smallest absolute Gasteiger partial charge is 0.223 e. The number of nitrogens with one attached hydrogen (secondary N) is 1. The van der Waals surface area contributed by atoms with Crippen LogP contribution in [-0.4, -0.2) is 49.4 Å². The highest BCUT2D eigenvalue weighted by Crippen LogP contribution is 2.25. The van der Waals surface area contributed by atoms with Gasteiger partial charge in [0.15, 0.2) is 5.78 Å². The second-order valence-corrected chi connectivity index (χ2v) is 6.92. The summed E-state index contributed by atoms with van der Waals surface area (Å²) in [6, 6.07) is 5.59. The van der Waals surface area contributed by atoms with Crippen molar-refractivity contribution in [1.82, 2.24) is 10.2 Å². The van der Waals surface area contributed by atoms with Gasteiger partial charge in [0.1, 0.15) is 5.75 Å². The van der Waals surface area contributed by atoms with E-state index in [4.69, 9.17) is 4.74 Å². The summed E-state index contributed by atoms with van der Waals surface area (Å²) < 4.78 is 6.07. The summed E-state index contributed by atoms with van der Waals surface area (Å²) in [5.74, 6) is 0.538. The standard InChI is InChI=1S/C18H25BrN2O3.ClH/c1-3-10-21(14-8-9-20-12-14)18(23)7-5-16(22)15-11-13(19)4-6-17(15)24-2;/h4,6,11,14,20H,3,5,7-10,12H2,1-2H3;1H. The molecule has 1 N–H and O–H groups in total. The number of benzene rings is 1. The number of ether oxygens (including phenoxy) is 1. The van der Waals surface area contributed by atoms with Crippen molar-refractivity contribution in [3.63, 3.8) is 0 Å². The Balaban J connectivity index is 0.00000312. The topological polar surface area (TPSA) is 58.6 Å². The Labute approximate surface area is 164 Å². The van der Waals surface area contributed by atoms with Gasteiger partial charge in [0.2, 0.25) is 5.91 Å². The summed E-state index contributed by atoms with van der Waals surface area (Å²) in [5.41, 5.74) is 0.518. The number of hydrogen-bond acceptors (Lipinski definition) is 4. The zero-order chi connectivity index (χ0) is 17.5. The van der Waals surface area contributed by atoms with Gasteiger partial charge in [-0.25, -0.2) is 0 Å². The number of nitrogens with zero attached hydrogens (tertiary/aromatic N) is 1. The minimum absolute atomic E-state index is 0. The fourth-order valence-electron chi connectivity index (χ4n) is 3.05. The number of halogens is 2. The highest BCUT2D eigenvalue weighted by molar-refractivity contribution is 9.10. The van der Waals surface area contributed by atoms with Gasteiger partial charge < -0.3 is 15.0 Å². The highest BCUT2D eigenvalue weighted by atomic mass is 79.9. The molecular formula is C18H26BrClN2O3. The number of carbonyl (C=O) groups is 2. The molecule has 0 bridgehead atoms. The van der Waals surface area contributed by atoms with Crippen LogP contribution in [-0.2, 0) is 4.79 Å². The van der Waals surface area contributed by atoms with Gasteiger partial charge in [-0.15, -0.1) is 12.4 Å². The third kappa shape index (κ3) is 5.97. The number of Topliss-reactive ketones (excluding diaryl/α,β-unsaturated/α-hetero) is 1. The van der Waals surface area contributed by atoms with E-state index in [0.717, 1.165) is 36.9 Å². The Bertz CT molecular complexity index is 592. The number of hydrogen-bond donors (Lipinski definition) is 1. The summed E-state index contributed by atoms with van der Waals surface area (Å²) in [7, 11) is 1.54. The van der Waals surface area contributed by atoms with E-state index in [1.807, 2.05) is 11.0 Å². The predicted octanol–water partition coefficient (Wildman–Crippen LogP) is 3.44. The first-order chi connectivity index (χ1) is 11.6. The van der Waals surface area contributed by atoms with E-state index in [9.17, 15) is 9.59 Å². The average Bonchev–Trinajstić information content (AvgIpc) is 3.11. The lowest BCUT2D eigenvalue weighted by molar-refractivity contribution is -0.133. The third-order valence-corrected chi connectivity index (χ3v) is 4.78. The van der Waals surface area contributed by atoms with E-state index < -0.39 is 0 Å². The number of ketones is 1. The second-order valence-electron chi connectivity index (χ2n) is 6.00.